The van der Waals surface area contributed by atoms with Crippen molar-refractivity contribution in [3.63, 3.8) is 0 Å². The van der Waals surface area contributed by atoms with Crippen LogP contribution in [0.3, 0.4) is 0 Å². The van der Waals surface area contributed by atoms with Gasteiger partial charge in [-0.2, -0.15) is 5.10 Å². The van der Waals surface area contributed by atoms with Gasteiger partial charge < -0.3 is 5.73 Å². The largest absolute Gasteiger partial charge is 0.377 e. The number of carbonyl (C=O) groups is 2. The number of carbonyl (C=O) groups excluding carboxylic acids is 2. The fourth-order valence-electron chi connectivity index (χ4n) is 3.05. The maximum Gasteiger partial charge on any atom is 0.247 e. The van der Waals surface area contributed by atoms with Crippen molar-refractivity contribution in [1.29, 1.82) is 0 Å². The van der Waals surface area contributed by atoms with Crippen molar-refractivity contribution in [2.75, 3.05) is 4.90 Å². The van der Waals surface area contributed by atoms with Gasteiger partial charge in [0.2, 0.25) is 11.8 Å². The van der Waals surface area contributed by atoms with Crippen molar-refractivity contribution < 1.29 is 9.59 Å². The maximum absolute atomic E-state index is 12.7. The zero-order valence-corrected chi connectivity index (χ0v) is 17.1. The molecule has 2 N–H and O–H groups in total. The molecule has 1 fully saturated rings. The average molecular weight is 409 g/mol. The first-order valence-corrected chi connectivity index (χ1v) is 10.5. The molecule has 2 aromatic carbocycles. The van der Waals surface area contributed by atoms with E-state index in [9.17, 15) is 9.59 Å². The van der Waals surface area contributed by atoms with E-state index in [1.807, 2.05) is 36.4 Å². The summed E-state index contributed by atoms with van der Waals surface area (Å²) in [6, 6.07) is 18.8. The van der Waals surface area contributed by atoms with E-state index in [1.54, 1.807) is 24.3 Å². The molecule has 3 rings (SSSR count). The van der Waals surface area contributed by atoms with E-state index < -0.39 is 5.25 Å². The fourth-order valence-corrected chi connectivity index (χ4v) is 3.86. The maximum atomic E-state index is 12.7. The molecule has 29 heavy (non-hydrogen) atoms. The second kappa shape index (κ2) is 10.0. The Hall–Kier alpha value is -2.93. The van der Waals surface area contributed by atoms with E-state index in [-0.39, 0.29) is 23.4 Å². The van der Waals surface area contributed by atoms with Crippen molar-refractivity contribution in [3.05, 3.63) is 66.2 Å². The number of imide groups is 1. The van der Waals surface area contributed by atoms with E-state index in [0.29, 0.717) is 5.69 Å². The van der Waals surface area contributed by atoms with Crippen LogP contribution >= 0.6 is 11.8 Å². The average Bonchev–Trinajstić information content (AvgIpc) is 3.02. The van der Waals surface area contributed by atoms with Crippen molar-refractivity contribution in [2.45, 2.75) is 37.9 Å². The number of thioether (sulfide) groups is 1. The SMILES string of the molecule is CCCCC(=NN=C(N)SC1CC(=O)N(c2ccccc2)C1=O)c1ccccc1. The number of nitrogens with zero attached hydrogens (tertiary/aromatic N) is 3. The molecule has 0 aromatic heterocycles. The predicted octanol–water partition coefficient (Wildman–Crippen LogP) is 3.96. The third-order valence-electron chi connectivity index (χ3n) is 4.53. The third kappa shape index (κ3) is 5.32. The van der Waals surface area contributed by atoms with Crippen LogP contribution in [-0.4, -0.2) is 27.9 Å². The second-order valence-corrected chi connectivity index (χ2v) is 7.89. The van der Waals surface area contributed by atoms with Crippen LogP contribution in [0.4, 0.5) is 5.69 Å². The van der Waals surface area contributed by atoms with E-state index in [1.165, 1.54) is 4.90 Å². The number of amidine groups is 1. The van der Waals surface area contributed by atoms with Gasteiger partial charge in [0, 0.05) is 6.42 Å². The molecule has 1 heterocycles. The topological polar surface area (TPSA) is 88.1 Å². The molecule has 0 radical (unpaired) electrons. The summed E-state index contributed by atoms with van der Waals surface area (Å²) in [7, 11) is 0. The van der Waals surface area contributed by atoms with Gasteiger partial charge in [-0.05, 0) is 30.5 Å². The molecule has 1 aliphatic heterocycles. The number of benzene rings is 2. The summed E-state index contributed by atoms with van der Waals surface area (Å²) >= 11 is 1.09. The Labute approximate surface area is 174 Å². The van der Waals surface area contributed by atoms with Crippen LogP contribution in [0.15, 0.2) is 70.9 Å². The lowest BCUT2D eigenvalue weighted by molar-refractivity contribution is -0.121. The summed E-state index contributed by atoms with van der Waals surface area (Å²) in [5.74, 6) is -0.509. The van der Waals surface area contributed by atoms with Crippen molar-refractivity contribution in [2.24, 2.45) is 15.9 Å². The molecular formula is C22H24N4O2S. The zero-order valence-electron chi connectivity index (χ0n) is 16.3. The van der Waals surface area contributed by atoms with Gasteiger partial charge in [0.25, 0.3) is 0 Å². The van der Waals surface area contributed by atoms with Gasteiger partial charge >= 0.3 is 0 Å². The first-order valence-electron chi connectivity index (χ1n) is 9.64. The van der Waals surface area contributed by atoms with E-state index in [2.05, 4.69) is 17.1 Å². The summed E-state index contributed by atoms with van der Waals surface area (Å²) in [4.78, 5) is 26.2. The van der Waals surface area contributed by atoms with Gasteiger partial charge in [-0.1, -0.05) is 73.6 Å². The Balaban J connectivity index is 1.72. The highest BCUT2D eigenvalue weighted by molar-refractivity contribution is 8.14. The third-order valence-corrected chi connectivity index (χ3v) is 5.50. The monoisotopic (exact) mass is 408 g/mol. The first-order chi connectivity index (χ1) is 14.1. The van der Waals surface area contributed by atoms with Crippen LogP contribution < -0.4 is 10.6 Å². The standard InChI is InChI=1S/C22H24N4O2S/c1-2-3-14-18(16-10-6-4-7-11-16)24-25-22(23)29-19-15-20(27)26(21(19)28)17-12-8-5-9-13-17/h4-13,19H,2-3,14-15H2,1H3,(H2,23,25). The van der Waals surface area contributed by atoms with Gasteiger partial charge in [0.15, 0.2) is 5.17 Å². The number of hydrogen-bond acceptors (Lipinski definition) is 5. The van der Waals surface area contributed by atoms with E-state index >= 15 is 0 Å². The fraction of sp³-hybridized carbons (Fsp3) is 0.273. The smallest absolute Gasteiger partial charge is 0.247 e. The minimum absolute atomic E-state index is 0.0969. The molecule has 0 aliphatic carbocycles. The summed E-state index contributed by atoms with van der Waals surface area (Å²) in [5, 5.41) is 8.07. The summed E-state index contributed by atoms with van der Waals surface area (Å²) in [6.45, 7) is 2.12. The van der Waals surface area contributed by atoms with Crippen LogP contribution in [0.5, 0.6) is 0 Å². The highest BCUT2D eigenvalue weighted by Crippen LogP contribution is 2.29. The minimum Gasteiger partial charge on any atom is -0.377 e. The Morgan fingerprint density at radius 2 is 1.72 bits per heavy atom. The normalized spacial score (nSPS) is 17.8. The van der Waals surface area contributed by atoms with E-state index in [0.717, 1.165) is 42.3 Å². The number of anilines is 1. The van der Waals surface area contributed by atoms with Gasteiger partial charge in [-0.15, -0.1) is 5.10 Å². The molecule has 1 atom stereocenters. The number of unbranched alkanes of at least 4 members (excludes halogenated alkanes) is 1. The Morgan fingerprint density at radius 1 is 1.07 bits per heavy atom. The zero-order chi connectivity index (χ0) is 20.6. The summed E-state index contributed by atoms with van der Waals surface area (Å²) in [5.41, 5.74) is 8.46. The van der Waals surface area contributed by atoms with Gasteiger partial charge in [-0.25, -0.2) is 4.90 Å². The molecule has 2 aromatic rings. The first kappa shape index (κ1) is 20.8. The Kier molecular flexibility index (Phi) is 7.19. The molecule has 150 valence electrons. The lowest BCUT2D eigenvalue weighted by Crippen LogP contribution is -2.31. The lowest BCUT2D eigenvalue weighted by Gasteiger charge is -2.14. The molecule has 7 heteroatoms. The second-order valence-electron chi connectivity index (χ2n) is 6.67. The minimum atomic E-state index is -0.586. The van der Waals surface area contributed by atoms with Crippen LogP contribution in [0.1, 0.15) is 38.2 Å². The van der Waals surface area contributed by atoms with Crippen LogP contribution in [0.2, 0.25) is 0 Å². The van der Waals surface area contributed by atoms with Crippen LogP contribution in [0, 0.1) is 0 Å². The molecule has 0 saturated carbocycles. The lowest BCUT2D eigenvalue weighted by atomic mass is 10.1. The highest BCUT2D eigenvalue weighted by atomic mass is 32.2. The van der Waals surface area contributed by atoms with E-state index in [4.69, 9.17) is 5.73 Å². The van der Waals surface area contributed by atoms with Crippen LogP contribution in [0.25, 0.3) is 0 Å². The highest BCUT2D eigenvalue weighted by Gasteiger charge is 2.40. The van der Waals surface area contributed by atoms with Crippen molar-refractivity contribution >= 4 is 40.1 Å². The molecule has 0 spiro atoms. The summed E-state index contributed by atoms with van der Waals surface area (Å²) < 4.78 is 0. The van der Waals surface area contributed by atoms with Gasteiger partial charge in [0.05, 0.1) is 11.4 Å². The molecule has 1 saturated heterocycles. The number of para-hydroxylation sites is 1. The van der Waals surface area contributed by atoms with Crippen LogP contribution in [-0.2, 0) is 9.59 Å². The number of amides is 2. The predicted molar refractivity (Wildman–Crippen MR) is 119 cm³/mol. The number of hydrogen-bond donors (Lipinski definition) is 1. The van der Waals surface area contributed by atoms with Crippen molar-refractivity contribution in [1.82, 2.24) is 0 Å². The summed E-state index contributed by atoms with van der Waals surface area (Å²) in [6.07, 6.45) is 2.94. The Morgan fingerprint density at radius 3 is 2.38 bits per heavy atom. The van der Waals surface area contributed by atoms with Gasteiger partial charge in [0.1, 0.15) is 5.25 Å². The van der Waals surface area contributed by atoms with Gasteiger partial charge in [-0.3, -0.25) is 9.59 Å². The quantitative estimate of drug-likeness (QED) is 0.325. The van der Waals surface area contributed by atoms with Crippen molar-refractivity contribution in [3.8, 4) is 0 Å². The molecule has 0 bridgehead atoms. The molecule has 6 nitrogen and oxygen atoms in total. The molecule has 2 amide bonds. The molecule has 1 aliphatic rings. The molecule has 1 unspecified atom stereocenters. The number of rotatable bonds is 7. The molecular weight excluding hydrogens is 384 g/mol. The Bertz CT molecular complexity index is 913. The number of nitrogens with two attached hydrogens (primary N) is 1.